The van der Waals surface area contributed by atoms with Gasteiger partial charge in [0.15, 0.2) is 0 Å². The van der Waals surface area contributed by atoms with Crippen LogP contribution >= 0.6 is 11.3 Å². The lowest BCUT2D eigenvalue weighted by atomic mass is 9.76. The summed E-state index contributed by atoms with van der Waals surface area (Å²) in [5, 5.41) is 12.3. The van der Waals surface area contributed by atoms with Gasteiger partial charge in [0.1, 0.15) is 0 Å². The summed E-state index contributed by atoms with van der Waals surface area (Å²) < 4.78 is 0. The van der Waals surface area contributed by atoms with Crippen LogP contribution in [0.15, 0.2) is 41.3 Å². The van der Waals surface area contributed by atoms with Crippen LogP contribution < -0.4 is 0 Å². The molecule has 1 saturated carbocycles. The third-order valence-corrected chi connectivity index (χ3v) is 5.98. The minimum atomic E-state index is -0.258. The Balaban J connectivity index is 1.62. The van der Waals surface area contributed by atoms with Crippen LogP contribution in [0, 0.1) is 5.92 Å². The average molecular weight is 317 g/mol. The molecule has 1 N–H and O–H groups in total. The summed E-state index contributed by atoms with van der Waals surface area (Å²) in [6.45, 7) is 4.62. The van der Waals surface area contributed by atoms with Crippen LogP contribution in [0.25, 0.3) is 0 Å². The fraction of sp³-hybridized carbons (Fsp3) is 0.579. The number of hydrogen-bond donors (Lipinski definition) is 1. The largest absolute Gasteiger partial charge is 0.388 e. The van der Waals surface area contributed by atoms with Gasteiger partial charge in [0.25, 0.3) is 0 Å². The second-order valence-electron chi connectivity index (χ2n) is 6.52. The molecule has 120 valence electrons. The highest BCUT2D eigenvalue weighted by atomic mass is 32.1. The molecule has 0 bridgehead atoms. The summed E-state index contributed by atoms with van der Waals surface area (Å²) in [5.41, 5.74) is 1.46. The third-order valence-electron chi connectivity index (χ3n) is 5.04. The molecule has 2 unspecified atom stereocenters. The summed E-state index contributed by atoms with van der Waals surface area (Å²) in [5.74, 6) is 0.377. The molecule has 0 aromatic carbocycles. The van der Waals surface area contributed by atoms with Crippen molar-refractivity contribution < 1.29 is 5.11 Å². The molecule has 22 heavy (non-hydrogen) atoms. The monoisotopic (exact) mass is 317 g/mol. The second-order valence-corrected chi connectivity index (χ2v) is 7.56. The fourth-order valence-electron chi connectivity index (χ4n) is 3.88. The van der Waals surface area contributed by atoms with Crippen LogP contribution in [0.2, 0.25) is 0 Å². The van der Waals surface area contributed by atoms with Crippen molar-refractivity contribution in [1.29, 1.82) is 0 Å². The standard InChI is InChI=1S/C19H27NOS/c1-2-11-20(12-10-17-6-4-13-22-17)16-8-9-18-15(14-16)5-3-7-19(18)21/h3-7,13,16,18-19,21H,2,8-12,14H2,1H3/t16-,18?,19?/m0/s1. The molecule has 0 spiro atoms. The van der Waals surface area contributed by atoms with E-state index >= 15 is 0 Å². The number of allylic oxidation sites excluding steroid dienone is 2. The minimum Gasteiger partial charge on any atom is -0.388 e. The van der Waals surface area contributed by atoms with Gasteiger partial charge < -0.3 is 5.11 Å². The van der Waals surface area contributed by atoms with Crippen molar-refractivity contribution in [1.82, 2.24) is 4.90 Å². The molecular weight excluding hydrogens is 290 g/mol. The molecule has 1 heterocycles. The number of aliphatic hydroxyl groups excluding tert-OH is 1. The first-order valence-corrected chi connectivity index (χ1v) is 9.47. The van der Waals surface area contributed by atoms with E-state index in [0.717, 1.165) is 19.4 Å². The van der Waals surface area contributed by atoms with E-state index in [1.807, 2.05) is 23.5 Å². The van der Waals surface area contributed by atoms with E-state index < -0.39 is 0 Å². The highest BCUT2D eigenvalue weighted by Gasteiger charge is 2.32. The maximum absolute atomic E-state index is 10.1. The molecule has 2 aliphatic carbocycles. The Morgan fingerprint density at radius 2 is 2.23 bits per heavy atom. The van der Waals surface area contributed by atoms with E-state index in [-0.39, 0.29) is 6.10 Å². The second kappa shape index (κ2) is 7.58. The number of fused-ring (bicyclic) bond motifs is 1. The van der Waals surface area contributed by atoms with Crippen LogP contribution in [-0.4, -0.2) is 35.2 Å². The van der Waals surface area contributed by atoms with Crippen molar-refractivity contribution in [2.45, 2.75) is 51.2 Å². The van der Waals surface area contributed by atoms with Crippen LogP contribution in [0.4, 0.5) is 0 Å². The molecule has 1 aromatic heterocycles. The van der Waals surface area contributed by atoms with Crippen LogP contribution in [0.5, 0.6) is 0 Å². The number of nitrogens with zero attached hydrogens (tertiary/aromatic N) is 1. The lowest BCUT2D eigenvalue weighted by Crippen LogP contribution is -2.42. The summed E-state index contributed by atoms with van der Waals surface area (Å²) >= 11 is 1.87. The fourth-order valence-corrected chi connectivity index (χ4v) is 4.57. The van der Waals surface area contributed by atoms with E-state index in [2.05, 4.69) is 35.4 Å². The minimum absolute atomic E-state index is 0.258. The maximum atomic E-state index is 10.1. The van der Waals surface area contributed by atoms with Crippen LogP contribution in [0.3, 0.4) is 0 Å². The Kier molecular flexibility index (Phi) is 5.51. The number of hydrogen-bond acceptors (Lipinski definition) is 3. The van der Waals surface area contributed by atoms with Gasteiger partial charge in [0.05, 0.1) is 6.10 Å². The highest BCUT2D eigenvalue weighted by molar-refractivity contribution is 7.09. The molecule has 0 amide bonds. The van der Waals surface area contributed by atoms with E-state index in [0.29, 0.717) is 12.0 Å². The molecule has 0 aliphatic heterocycles. The Morgan fingerprint density at radius 1 is 1.32 bits per heavy atom. The molecule has 2 aliphatic rings. The lowest BCUT2D eigenvalue weighted by Gasteiger charge is -2.40. The Hall–Kier alpha value is -0.900. The van der Waals surface area contributed by atoms with Crippen molar-refractivity contribution in [2.75, 3.05) is 13.1 Å². The lowest BCUT2D eigenvalue weighted by molar-refractivity contribution is 0.112. The topological polar surface area (TPSA) is 23.5 Å². The quantitative estimate of drug-likeness (QED) is 0.856. The highest BCUT2D eigenvalue weighted by Crippen LogP contribution is 2.36. The van der Waals surface area contributed by atoms with Crippen molar-refractivity contribution in [2.24, 2.45) is 5.92 Å². The van der Waals surface area contributed by atoms with Gasteiger partial charge >= 0.3 is 0 Å². The predicted octanol–water partition coefficient (Wildman–Crippen LogP) is 4.03. The molecule has 0 saturated heterocycles. The summed E-state index contributed by atoms with van der Waals surface area (Å²) in [6.07, 6.45) is 11.8. The van der Waals surface area contributed by atoms with Crippen molar-refractivity contribution in [3.8, 4) is 0 Å². The first kappa shape index (κ1) is 16.0. The summed E-state index contributed by atoms with van der Waals surface area (Å²) in [6, 6.07) is 5.05. The van der Waals surface area contributed by atoms with Gasteiger partial charge in [-0.2, -0.15) is 0 Å². The average Bonchev–Trinajstić information content (AvgIpc) is 3.05. The van der Waals surface area contributed by atoms with Gasteiger partial charge in [-0.1, -0.05) is 36.8 Å². The first-order chi connectivity index (χ1) is 10.8. The first-order valence-electron chi connectivity index (χ1n) is 8.59. The van der Waals surface area contributed by atoms with Gasteiger partial charge in [-0.3, -0.25) is 4.90 Å². The van der Waals surface area contributed by atoms with Crippen molar-refractivity contribution in [3.63, 3.8) is 0 Å². The van der Waals surface area contributed by atoms with Gasteiger partial charge in [0, 0.05) is 23.4 Å². The van der Waals surface area contributed by atoms with Crippen molar-refractivity contribution in [3.05, 3.63) is 46.2 Å². The zero-order valence-corrected chi connectivity index (χ0v) is 14.3. The van der Waals surface area contributed by atoms with E-state index in [1.165, 1.54) is 36.3 Å². The zero-order chi connectivity index (χ0) is 15.4. The van der Waals surface area contributed by atoms with Gasteiger partial charge in [-0.05, 0) is 50.1 Å². The predicted molar refractivity (Wildman–Crippen MR) is 94.2 cm³/mol. The van der Waals surface area contributed by atoms with E-state index in [1.54, 1.807) is 0 Å². The molecule has 1 fully saturated rings. The van der Waals surface area contributed by atoms with E-state index in [9.17, 15) is 5.11 Å². The molecule has 2 nitrogen and oxygen atoms in total. The number of aliphatic hydroxyl groups is 1. The normalized spacial score (nSPS) is 27.8. The summed E-state index contributed by atoms with van der Waals surface area (Å²) in [7, 11) is 0. The van der Waals surface area contributed by atoms with Crippen LogP contribution in [0.1, 0.15) is 37.5 Å². The molecular formula is C19H27NOS. The van der Waals surface area contributed by atoms with Gasteiger partial charge in [0.2, 0.25) is 0 Å². The number of thiophene rings is 1. The van der Waals surface area contributed by atoms with Crippen molar-refractivity contribution >= 4 is 11.3 Å². The Morgan fingerprint density at radius 3 is 3.00 bits per heavy atom. The maximum Gasteiger partial charge on any atom is 0.0789 e. The number of rotatable bonds is 6. The van der Waals surface area contributed by atoms with Gasteiger partial charge in [-0.25, -0.2) is 0 Å². The van der Waals surface area contributed by atoms with Crippen LogP contribution in [-0.2, 0) is 6.42 Å². The molecule has 3 heteroatoms. The Bertz CT molecular complexity index is 520. The Labute approximate surface area is 138 Å². The molecule has 3 rings (SSSR count). The third kappa shape index (κ3) is 3.70. The molecule has 1 aromatic rings. The summed E-state index contributed by atoms with van der Waals surface area (Å²) in [4.78, 5) is 4.17. The molecule has 3 atom stereocenters. The van der Waals surface area contributed by atoms with Gasteiger partial charge in [-0.15, -0.1) is 11.3 Å². The SMILES string of the molecule is CCCN(CCc1cccs1)[C@H]1CCC2C(=CC=CC2O)C1. The zero-order valence-electron chi connectivity index (χ0n) is 13.4. The molecule has 0 radical (unpaired) electrons. The van der Waals surface area contributed by atoms with E-state index in [4.69, 9.17) is 0 Å². The smallest absolute Gasteiger partial charge is 0.0789 e.